The Labute approximate surface area is 119 Å². The Bertz CT molecular complexity index is 775. The van der Waals surface area contributed by atoms with Crippen LogP contribution < -0.4 is 0 Å². The third kappa shape index (κ3) is 2.52. The SMILES string of the molecule is S=c1[nH]nc(-c2cccnc2)n1N=Cc1cccnc1. The van der Waals surface area contributed by atoms with Gasteiger partial charge in [0.2, 0.25) is 4.77 Å². The number of pyridine rings is 2. The topological polar surface area (TPSA) is 71.8 Å². The van der Waals surface area contributed by atoms with Gasteiger partial charge in [-0.1, -0.05) is 6.07 Å². The van der Waals surface area contributed by atoms with Gasteiger partial charge in [0.15, 0.2) is 5.82 Å². The van der Waals surface area contributed by atoms with E-state index in [-0.39, 0.29) is 0 Å². The van der Waals surface area contributed by atoms with Gasteiger partial charge in [0.05, 0.1) is 6.21 Å². The van der Waals surface area contributed by atoms with Gasteiger partial charge in [-0.05, 0) is 30.4 Å². The first-order valence-electron chi connectivity index (χ1n) is 5.87. The summed E-state index contributed by atoms with van der Waals surface area (Å²) >= 11 is 5.18. The van der Waals surface area contributed by atoms with E-state index >= 15 is 0 Å². The van der Waals surface area contributed by atoms with E-state index in [0.717, 1.165) is 11.1 Å². The Morgan fingerprint density at radius 2 is 1.95 bits per heavy atom. The molecular formula is C13H10N6S. The van der Waals surface area contributed by atoms with Gasteiger partial charge in [-0.3, -0.25) is 9.97 Å². The number of rotatable bonds is 3. The highest BCUT2D eigenvalue weighted by atomic mass is 32.1. The first-order chi connectivity index (χ1) is 9.84. The molecule has 0 saturated heterocycles. The number of hydrogen-bond acceptors (Lipinski definition) is 5. The van der Waals surface area contributed by atoms with Gasteiger partial charge in [-0.15, -0.1) is 0 Å². The smallest absolute Gasteiger partial charge is 0.216 e. The van der Waals surface area contributed by atoms with E-state index in [9.17, 15) is 0 Å². The maximum Gasteiger partial charge on any atom is 0.216 e. The summed E-state index contributed by atoms with van der Waals surface area (Å²) in [5.74, 6) is 0.614. The fourth-order valence-corrected chi connectivity index (χ4v) is 1.84. The highest BCUT2D eigenvalue weighted by Gasteiger charge is 2.07. The molecular weight excluding hydrogens is 272 g/mol. The lowest BCUT2D eigenvalue weighted by molar-refractivity contribution is 0.870. The third-order valence-corrected chi connectivity index (χ3v) is 2.84. The van der Waals surface area contributed by atoms with Gasteiger partial charge in [0, 0.05) is 35.9 Å². The maximum atomic E-state index is 5.18. The van der Waals surface area contributed by atoms with Crippen LogP contribution in [-0.2, 0) is 0 Å². The van der Waals surface area contributed by atoms with Crippen LogP contribution in [0.2, 0.25) is 0 Å². The molecule has 98 valence electrons. The zero-order valence-electron chi connectivity index (χ0n) is 10.3. The second kappa shape index (κ2) is 5.54. The summed E-state index contributed by atoms with van der Waals surface area (Å²) < 4.78 is 1.98. The summed E-state index contributed by atoms with van der Waals surface area (Å²) in [6.07, 6.45) is 8.52. The summed E-state index contributed by atoms with van der Waals surface area (Å²) in [5.41, 5.74) is 1.72. The fourth-order valence-electron chi connectivity index (χ4n) is 1.66. The molecule has 0 saturated carbocycles. The summed E-state index contributed by atoms with van der Waals surface area (Å²) in [7, 11) is 0. The first kappa shape index (κ1) is 12.4. The van der Waals surface area contributed by atoms with Crippen LogP contribution in [0.3, 0.4) is 0 Å². The second-order valence-electron chi connectivity index (χ2n) is 3.94. The summed E-state index contributed by atoms with van der Waals surface area (Å²) in [4.78, 5) is 8.09. The highest BCUT2D eigenvalue weighted by molar-refractivity contribution is 7.71. The molecule has 0 radical (unpaired) electrons. The second-order valence-corrected chi connectivity index (χ2v) is 4.32. The van der Waals surface area contributed by atoms with E-state index < -0.39 is 0 Å². The molecule has 0 bridgehead atoms. The molecule has 0 amide bonds. The van der Waals surface area contributed by atoms with Crippen LogP contribution in [0, 0.1) is 4.77 Å². The molecule has 3 aromatic rings. The number of H-pyrrole nitrogens is 1. The van der Waals surface area contributed by atoms with Gasteiger partial charge in [-0.2, -0.15) is 14.9 Å². The Morgan fingerprint density at radius 3 is 2.65 bits per heavy atom. The lowest BCUT2D eigenvalue weighted by Gasteiger charge is -1.99. The zero-order valence-corrected chi connectivity index (χ0v) is 11.2. The highest BCUT2D eigenvalue weighted by Crippen LogP contribution is 2.15. The minimum absolute atomic E-state index is 0.420. The van der Waals surface area contributed by atoms with E-state index in [1.54, 1.807) is 35.7 Å². The molecule has 0 aliphatic carbocycles. The molecule has 0 aliphatic rings. The van der Waals surface area contributed by atoms with E-state index in [0.29, 0.717) is 10.6 Å². The number of nitrogens with zero attached hydrogens (tertiary/aromatic N) is 5. The van der Waals surface area contributed by atoms with Gasteiger partial charge >= 0.3 is 0 Å². The number of aromatic amines is 1. The van der Waals surface area contributed by atoms with Crippen LogP contribution in [0.15, 0.2) is 54.2 Å². The lowest BCUT2D eigenvalue weighted by Crippen LogP contribution is -1.95. The lowest BCUT2D eigenvalue weighted by atomic mass is 10.3. The molecule has 0 fully saturated rings. The average Bonchev–Trinajstić information content (AvgIpc) is 2.88. The van der Waals surface area contributed by atoms with E-state index in [4.69, 9.17) is 12.2 Å². The number of nitrogens with one attached hydrogen (secondary N) is 1. The summed E-state index contributed by atoms with van der Waals surface area (Å²) in [6, 6.07) is 7.48. The molecule has 1 N–H and O–H groups in total. The van der Waals surface area contributed by atoms with Crippen molar-refractivity contribution >= 4 is 18.4 Å². The van der Waals surface area contributed by atoms with Crippen LogP contribution in [0.25, 0.3) is 11.4 Å². The van der Waals surface area contributed by atoms with Gasteiger partial charge in [0.1, 0.15) is 0 Å². The Morgan fingerprint density at radius 1 is 1.15 bits per heavy atom. The van der Waals surface area contributed by atoms with Crippen LogP contribution >= 0.6 is 12.2 Å². The molecule has 0 spiro atoms. The minimum Gasteiger partial charge on any atom is -0.264 e. The molecule has 20 heavy (non-hydrogen) atoms. The molecule has 6 nitrogen and oxygen atoms in total. The number of aromatic nitrogens is 5. The normalized spacial score (nSPS) is 11.0. The standard InChI is InChI=1S/C13H10N6S/c20-13-18-17-12(11-4-2-6-15-9-11)19(13)16-8-10-3-1-5-14-7-10/h1-9H,(H,18,20). The fraction of sp³-hybridized carbons (Fsp3) is 0. The molecule has 3 aromatic heterocycles. The van der Waals surface area contributed by atoms with Gasteiger partial charge in [0.25, 0.3) is 0 Å². The predicted molar refractivity (Wildman–Crippen MR) is 77.9 cm³/mol. The number of hydrogen-bond donors (Lipinski definition) is 1. The average molecular weight is 282 g/mol. The minimum atomic E-state index is 0.420. The van der Waals surface area contributed by atoms with Crippen LogP contribution in [-0.4, -0.2) is 31.1 Å². The third-order valence-electron chi connectivity index (χ3n) is 2.58. The monoisotopic (exact) mass is 282 g/mol. The van der Waals surface area contributed by atoms with E-state index in [1.165, 1.54) is 0 Å². The van der Waals surface area contributed by atoms with Crippen molar-refractivity contribution in [2.24, 2.45) is 5.10 Å². The first-order valence-corrected chi connectivity index (χ1v) is 6.27. The Hall–Kier alpha value is -2.67. The molecule has 7 heteroatoms. The van der Waals surface area contributed by atoms with Crippen molar-refractivity contribution in [3.63, 3.8) is 0 Å². The zero-order chi connectivity index (χ0) is 13.8. The molecule has 0 aliphatic heterocycles. The molecule has 0 aromatic carbocycles. The predicted octanol–water partition coefficient (Wildman–Crippen LogP) is 2.28. The van der Waals surface area contributed by atoms with Crippen LogP contribution in [0.1, 0.15) is 5.56 Å². The molecule has 3 rings (SSSR count). The van der Waals surface area contributed by atoms with Crippen molar-refractivity contribution in [3.05, 3.63) is 59.4 Å². The van der Waals surface area contributed by atoms with Crippen molar-refractivity contribution in [2.75, 3.05) is 0 Å². The van der Waals surface area contributed by atoms with Crippen molar-refractivity contribution in [1.29, 1.82) is 0 Å². The van der Waals surface area contributed by atoms with Crippen molar-refractivity contribution in [2.45, 2.75) is 0 Å². The summed E-state index contributed by atoms with van der Waals surface area (Å²) in [6.45, 7) is 0. The molecule has 0 atom stereocenters. The molecule has 3 heterocycles. The van der Waals surface area contributed by atoms with Crippen molar-refractivity contribution in [1.82, 2.24) is 24.8 Å². The van der Waals surface area contributed by atoms with Crippen LogP contribution in [0.4, 0.5) is 0 Å². The molecule has 0 unspecified atom stereocenters. The maximum absolute atomic E-state index is 5.18. The van der Waals surface area contributed by atoms with Gasteiger partial charge < -0.3 is 0 Å². The van der Waals surface area contributed by atoms with E-state index in [1.807, 2.05) is 24.3 Å². The Kier molecular flexibility index (Phi) is 3.42. The van der Waals surface area contributed by atoms with Crippen LogP contribution in [0.5, 0.6) is 0 Å². The summed E-state index contributed by atoms with van der Waals surface area (Å²) in [5, 5.41) is 11.2. The van der Waals surface area contributed by atoms with E-state index in [2.05, 4.69) is 25.3 Å². The largest absolute Gasteiger partial charge is 0.264 e. The van der Waals surface area contributed by atoms with Gasteiger partial charge in [-0.25, -0.2) is 5.10 Å². The van der Waals surface area contributed by atoms with Crippen molar-refractivity contribution in [3.8, 4) is 11.4 Å². The quantitative estimate of drug-likeness (QED) is 0.591. The Balaban J connectivity index is 2.01. The van der Waals surface area contributed by atoms with Crippen molar-refractivity contribution < 1.29 is 0 Å².